The van der Waals surface area contributed by atoms with Gasteiger partial charge in [-0.05, 0) is 30.7 Å². The van der Waals surface area contributed by atoms with Gasteiger partial charge in [-0.3, -0.25) is 9.20 Å². The lowest BCUT2D eigenvalue weighted by Crippen LogP contribution is -2.14. The van der Waals surface area contributed by atoms with E-state index >= 15 is 0 Å². The summed E-state index contributed by atoms with van der Waals surface area (Å²) in [6.45, 7) is 1.94. The number of aryl methyl sites for hydroxylation is 1. The maximum atomic E-state index is 13.6. The van der Waals surface area contributed by atoms with Crippen LogP contribution in [0.25, 0.3) is 16.9 Å². The molecule has 0 saturated heterocycles. The first kappa shape index (κ1) is 12.4. The first-order valence-corrected chi connectivity index (χ1v) is 6.02. The average molecular weight is 273 g/mol. The maximum absolute atomic E-state index is 13.6. The van der Waals surface area contributed by atoms with Crippen molar-refractivity contribution in [3.05, 3.63) is 52.2 Å². The van der Waals surface area contributed by atoms with E-state index < -0.39 is 11.4 Å². The van der Waals surface area contributed by atoms with Gasteiger partial charge in [-0.2, -0.15) is 5.10 Å². The molecule has 102 valence electrons. The number of halogens is 1. The standard InChI is InChI=1S/C14H12FN3O2/c1-8-3-4-9(11(7-8)20-2)13-16-17-14(19)12-10(15)5-6-18(12)13/h3-7H,1-2H3,(H,17,19). The van der Waals surface area contributed by atoms with Gasteiger partial charge in [0.05, 0.1) is 12.7 Å². The highest BCUT2D eigenvalue weighted by atomic mass is 19.1. The predicted molar refractivity (Wildman–Crippen MR) is 72.5 cm³/mol. The van der Waals surface area contributed by atoms with Crippen molar-refractivity contribution in [3.63, 3.8) is 0 Å². The monoisotopic (exact) mass is 273 g/mol. The highest BCUT2D eigenvalue weighted by Crippen LogP contribution is 2.29. The van der Waals surface area contributed by atoms with Gasteiger partial charge in [-0.25, -0.2) is 9.49 Å². The highest BCUT2D eigenvalue weighted by molar-refractivity contribution is 5.67. The van der Waals surface area contributed by atoms with E-state index in [4.69, 9.17) is 4.74 Å². The quantitative estimate of drug-likeness (QED) is 0.778. The molecule has 3 aromatic rings. The average Bonchev–Trinajstić information content (AvgIpc) is 2.83. The van der Waals surface area contributed by atoms with E-state index in [1.807, 2.05) is 25.1 Å². The molecular weight excluding hydrogens is 261 g/mol. The summed E-state index contributed by atoms with van der Waals surface area (Å²) in [5.41, 5.74) is 1.08. The molecule has 2 heterocycles. The van der Waals surface area contributed by atoms with E-state index in [0.717, 1.165) is 5.56 Å². The third kappa shape index (κ3) is 1.77. The van der Waals surface area contributed by atoms with Crippen molar-refractivity contribution in [1.29, 1.82) is 0 Å². The lowest BCUT2D eigenvalue weighted by molar-refractivity contribution is 0.415. The number of hydrogen-bond acceptors (Lipinski definition) is 3. The number of benzene rings is 1. The number of aromatic amines is 1. The second-order valence-corrected chi connectivity index (χ2v) is 4.46. The minimum absolute atomic E-state index is 0.0578. The van der Waals surface area contributed by atoms with Gasteiger partial charge in [-0.15, -0.1) is 0 Å². The van der Waals surface area contributed by atoms with Crippen LogP contribution < -0.4 is 10.3 Å². The number of nitrogens with zero attached hydrogens (tertiary/aromatic N) is 2. The van der Waals surface area contributed by atoms with Crippen LogP contribution in [0.1, 0.15) is 5.56 Å². The molecule has 0 aliphatic heterocycles. The van der Waals surface area contributed by atoms with E-state index in [2.05, 4.69) is 10.2 Å². The van der Waals surface area contributed by atoms with Crippen LogP contribution in [0.4, 0.5) is 4.39 Å². The third-order valence-corrected chi connectivity index (χ3v) is 3.14. The molecular formula is C14H12FN3O2. The Balaban J connectivity index is 2.36. The van der Waals surface area contributed by atoms with E-state index in [1.54, 1.807) is 7.11 Å². The Hall–Kier alpha value is -2.63. The van der Waals surface area contributed by atoms with Gasteiger partial charge in [0.15, 0.2) is 17.2 Å². The zero-order valence-electron chi connectivity index (χ0n) is 11.0. The Kier molecular flexibility index (Phi) is 2.78. The van der Waals surface area contributed by atoms with Crippen molar-refractivity contribution in [2.45, 2.75) is 6.92 Å². The first-order valence-electron chi connectivity index (χ1n) is 6.02. The number of ether oxygens (including phenoxy) is 1. The van der Waals surface area contributed by atoms with Crippen molar-refractivity contribution in [2.75, 3.05) is 7.11 Å². The minimum Gasteiger partial charge on any atom is -0.496 e. The molecule has 5 nitrogen and oxygen atoms in total. The number of nitrogens with one attached hydrogen (secondary N) is 1. The Morgan fingerprint density at radius 1 is 1.35 bits per heavy atom. The number of fused-ring (bicyclic) bond motifs is 1. The molecule has 1 aromatic carbocycles. The van der Waals surface area contributed by atoms with Gasteiger partial charge in [-0.1, -0.05) is 6.07 Å². The molecule has 0 saturated carbocycles. The number of hydrogen-bond donors (Lipinski definition) is 1. The van der Waals surface area contributed by atoms with E-state index in [1.165, 1.54) is 16.7 Å². The Morgan fingerprint density at radius 2 is 2.15 bits per heavy atom. The summed E-state index contributed by atoms with van der Waals surface area (Å²) in [7, 11) is 1.55. The van der Waals surface area contributed by atoms with Crippen LogP contribution in [-0.4, -0.2) is 21.7 Å². The van der Waals surface area contributed by atoms with Crippen LogP contribution in [0.15, 0.2) is 35.3 Å². The molecule has 1 N–H and O–H groups in total. The fraction of sp³-hybridized carbons (Fsp3) is 0.143. The SMILES string of the molecule is COc1cc(C)ccc1-c1n[nH]c(=O)c2c(F)ccn12. The second kappa shape index (κ2) is 4.48. The van der Waals surface area contributed by atoms with Crippen LogP contribution in [0.5, 0.6) is 5.75 Å². The molecule has 2 aromatic heterocycles. The summed E-state index contributed by atoms with van der Waals surface area (Å²) in [5.74, 6) is 0.446. The zero-order valence-corrected chi connectivity index (χ0v) is 11.0. The summed E-state index contributed by atoms with van der Waals surface area (Å²) < 4.78 is 20.4. The molecule has 0 amide bonds. The van der Waals surface area contributed by atoms with Gasteiger partial charge in [0.2, 0.25) is 0 Å². The number of H-pyrrole nitrogens is 1. The summed E-state index contributed by atoms with van der Waals surface area (Å²) in [5, 5.41) is 6.32. The van der Waals surface area contributed by atoms with Gasteiger partial charge in [0.1, 0.15) is 5.75 Å². The van der Waals surface area contributed by atoms with Gasteiger partial charge in [0.25, 0.3) is 5.56 Å². The smallest absolute Gasteiger partial charge is 0.291 e. The van der Waals surface area contributed by atoms with Crippen LogP contribution in [0.2, 0.25) is 0 Å². The van der Waals surface area contributed by atoms with Gasteiger partial charge >= 0.3 is 0 Å². The molecule has 20 heavy (non-hydrogen) atoms. The molecule has 0 unspecified atom stereocenters. The van der Waals surface area contributed by atoms with Crippen LogP contribution in [0, 0.1) is 12.7 Å². The lowest BCUT2D eigenvalue weighted by Gasteiger charge is -2.10. The molecule has 0 fully saturated rings. The van der Waals surface area contributed by atoms with E-state index in [9.17, 15) is 9.18 Å². The van der Waals surface area contributed by atoms with Crippen LogP contribution >= 0.6 is 0 Å². The van der Waals surface area contributed by atoms with Crippen molar-refractivity contribution in [1.82, 2.24) is 14.6 Å². The van der Waals surface area contributed by atoms with Crippen LogP contribution in [0.3, 0.4) is 0 Å². The fourth-order valence-corrected chi connectivity index (χ4v) is 2.19. The highest BCUT2D eigenvalue weighted by Gasteiger charge is 2.15. The Labute approximate surface area is 113 Å². The zero-order chi connectivity index (χ0) is 14.3. The third-order valence-electron chi connectivity index (χ3n) is 3.14. The summed E-state index contributed by atoms with van der Waals surface area (Å²) >= 11 is 0. The van der Waals surface area contributed by atoms with E-state index in [0.29, 0.717) is 17.1 Å². The second-order valence-electron chi connectivity index (χ2n) is 4.46. The molecule has 0 atom stereocenters. The molecule has 0 radical (unpaired) electrons. The van der Waals surface area contributed by atoms with Crippen molar-refractivity contribution >= 4 is 5.52 Å². The normalized spacial score (nSPS) is 10.9. The molecule has 0 aliphatic rings. The molecule has 3 rings (SSSR count). The molecule has 6 heteroatoms. The van der Waals surface area contributed by atoms with Crippen molar-refractivity contribution in [2.24, 2.45) is 0 Å². The maximum Gasteiger partial charge on any atom is 0.291 e. The van der Waals surface area contributed by atoms with E-state index in [-0.39, 0.29) is 5.52 Å². The first-order chi connectivity index (χ1) is 9.61. The summed E-state index contributed by atoms with van der Waals surface area (Å²) in [4.78, 5) is 11.6. The number of methoxy groups -OCH3 is 1. The molecule has 0 spiro atoms. The lowest BCUT2D eigenvalue weighted by atomic mass is 10.1. The van der Waals surface area contributed by atoms with Crippen LogP contribution in [-0.2, 0) is 0 Å². The van der Waals surface area contributed by atoms with Crippen molar-refractivity contribution in [3.8, 4) is 17.1 Å². The Morgan fingerprint density at radius 3 is 2.90 bits per heavy atom. The van der Waals surface area contributed by atoms with Crippen molar-refractivity contribution < 1.29 is 9.13 Å². The van der Waals surface area contributed by atoms with Gasteiger partial charge in [0, 0.05) is 6.20 Å². The number of rotatable bonds is 2. The summed E-state index contributed by atoms with van der Waals surface area (Å²) in [6, 6.07) is 6.81. The minimum atomic E-state index is -0.582. The number of aromatic nitrogens is 3. The topological polar surface area (TPSA) is 59.4 Å². The largest absolute Gasteiger partial charge is 0.496 e. The fourth-order valence-electron chi connectivity index (χ4n) is 2.19. The van der Waals surface area contributed by atoms with Gasteiger partial charge < -0.3 is 4.74 Å². The Bertz CT molecular complexity index is 851. The predicted octanol–water partition coefficient (Wildman–Crippen LogP) is 2.15. The molecule has 0 aliphatic carbocycles. The molecule has 0 bridgehead atoms. The summed E-state index contributed by atoms with van der Waals surface area (Å²) in [6.07, 6.45) is 1.47.